The molecule has 0 heterocycles. The maximum Gasteiger partial charge on any atom is 0.326 e. The van der Waals surface area contributed by atoms with Crippen molar-refractivity contribution in [1.29, 1.82) is 0 Å². The lowest BCUT2D eigenvalue weighted by molar-refractivity contribution is -0.142. The number of unbranched alkanes of at least 4 members (excludes halogenated alkanes) is 13. The fourth-order valence-corrected chi connectivity index (χ4v) is 4.43. The summed E-state index contributed by atoms with van der Waals surface area (Å²) in [5.74, 6) is -2.47. The van der Waals surface area contributed by atoms with E-state index in [2.05, 4.69) is 10.6 Å². The number of hydrogen-bond acceptors (Lipinski definition) is 7. The van der Waals surface area contributed by atoms with Crippen molar-refractivity contribution in [3.63, 3.8) is 0 Å². The minimum atomic E-state index is -1.16. The van der Waals surface area contributed by atoms with Crippen molar-refractivity contribution in [2.75, 3.05) is 33.0 Å². The number of ketones is 1. The summed E-state index contributed by atoms with van der Waals surface area (Å²) in [5, 5.41) is 23.3. The lowest BCUT2D eigenvalue weighted by atomic mass is 9.91. The van der Waals surface area contributed by atoms with Crippen LogP contribution in [0.5, 0.6) is 0 Å². The van der Waals surface area contributed by atoms with Crippen LogP contribution < -0.4 is 10.6 Å². The van der Waals surface area contributed by atoms with Crippen LogP contribution in [0.15, 0.2) is 0 Å². The first kappa shape index (κ1) is 41.5. The van der Waals surface area contributed by atoms with Gasteiger partial charge in [-0.15, -0.1) is 0 Å². The molecule has 0 aromatic rings. The van der Waals surface area contributed by atoms with Gasteiger partial charge >= 0.3 is 11.9 Å². The number of hydrogen-bond donors (Lipinski definition) is 4. The van der Waals surface area contributed by atoms with Crippen LogP contribution in [-0.4, -0.2) is 78.8 Å². The van der Waals surface area contributed by atoms with Gasteiger partial charge in [0.15, 0.2) is 5.78 Å². The van der Waals surface area contributed by atoms with E-state index in [9.17, 15) is 29.1 Å². The van der Waals surface area contributed by atoms with E-state index in [1.807, 2.05) is 20.8 Å². The lowest BCUT2D eigenvalue weighted by Crippen LogP contribution is -2.41. The molecule has 0 fully saturated rings. The highest BCUT2D eigenvalue weighted by Crippen LogP contribution is 2.15. The molecule has 0 rings (SSSR count). The number of ether oxygens (including phenoxy) is 2. The summed E-state index contributed by atoms with van der Waals surface area (Å²) in [5.41, 5.74) is -0.440. The molecule has 0 spiro atoms. The average Bonchev–Trinajstić information content (AvgIpc) is 2.95. The van der Waals surface area contributed by atoms with Gasteiger partial charge in [0.2, 0.25) is 11.8 Å². The molecule has 0 aromatic heterocycles. The normalized spacial score (nSPS) is 12.1. The quantitative estimate of drug-likeness (QED) is 0.0758. The van der Waals surface area contributed by atoms with Gasteiger partial charge in [0, 0.05) is 31.2 Å². The third-order valence-corrected chi connectivity index (χ3v) is 7.35. The molecule has 0 aromatic carbocycles. The Balaban J connectivity index is 3.71. The zero-order valence-electron chi connectivity index (χ0n) is 27.6. The van der Waals surface area contributed by atoms with E-state index in [1.54, 1.807) is 0 Å². The Kier molecular flexibility index (Phi) is 25.3. The zero-order valence-corrected chi connectivity index (χ0v) is 27.6. The van der Waals surface area contributed by atoms with E-state index in [-0.39, 0.29) is 69.6 Å². The number of carboxylic acid groups (broad SMARTS) is 2. The Hall–Kier alpha value is -2.53. The van der Waals surface area contributed by atoms with E-state index >= 15 is 0 Å². The second-order valence-electron chi connectivity index (χ2n) is 12.5. The van der Waals surface area contributed by atoms with E-state index < -0.39 is 23.4 Å². The molecular formula is C33H60N2O9. The summed E-state index contributed by atoms with van der Waals surface area (Å²) in [7, 11) is 0. The molecule has 256 valence electrons. The number of amides is 2. The number of aliphatic carboxylic acids is 2. The summed E-state index contributed by atoms with van der Waals surface area (Å²) in [6.07, 6.45) is 15.8. The highest BCUT2D eigenvalue weighted by molar-refractivity contribution is 5.85. The van der Waals surface area contributed by atoms with Crippen molar-refractivity contribution in [3.8, 4) is 0 Å². The topological polar surface area (TPSA) is 168 Å². The molecule has 0 radical (unpaired) electrons. The summed E-state index contributed by atoms with van der Waals surface area (Å²) in [4.78, 5) is 58.1. The van der Waals surface area contributed by atoms with E-state index in [4.69, 9.17) is 14.6 Å². The maximum absolute atomic E-state index is 12.2. The van der Waals surface area contributed by atoms with Crippen LogP contribution in [0.4, 0.5) is 0 Å². The predicted octanol–water partition coefficient (Wildman–Crippen LogP) is 5.43. The van der Waals surface area contributed by atoms with Gasteiger partial charge in [-0.25, -0.2) is 4.79 Å². The van der Waals surface area contributed by atoms with Crippen molar-refractivity contribution in [2.24, 2.45) is 5.41 Å². The average molecular weight is 629 g/mol. The molecule has 0 saturated carbocycles. The summed E-state index contributed by atoms with van der Waals surface area (Å²) < 4.78 is 10.6. The molecular weight excluding hydrogens is 568 g/mol. The van der Waals surface area contributed by atoms with Crippen molar-refractivity contribution >= 4 is 29.5 Å². The highest BCUT2D eigenvalue weighted by Gasteiger charge is 2.21. The van der Waals surface area contributed by atoms with Gasteiger partial charge in [0.05, 0.1) is 19.8 Å². The third-order valence-electron chi connectivity index (χ3n) is 7.35. The summed E-state index contributed by atoms with van der Waals surface area (Å²) >= 11 is 0. The first-order valence-corrected chi connectivity index (χ1v) is 16.6. The molecule has 0 bridgehead atoms. The van der Waals surface area contributed by atoms with Gasteiger partial charge in [-0.05, 0) is 19.3 Å². The highest BCUT2D eigenvalue weighted by atomic mass is 16.5. The second kappa shape index (κ2) is 26.8. The molecule has 0 aliphatic carbocycles. The standard InChI is InChI=1S/C33H60N2O9/c1-33(2,3)28(36)26-44-25-24-43-23-22-34-29(37)21-20-27(32(41)42)35-30(38)18-16-14-12-10-8-6-4-5-7-9-11-13-15-17-19-31(39)40/h27H,4-26H2,1-3H3,(H,34,37)(H,35,38)(H,39,40)(H,41,42)/t27-/m0/s1. The number of nitrogens with one attached hydrogen (secondary N) is 2. The Labute approximate surface area is 264 Å². The minimum absolute atomic E-state index is 0.0101. The number of rotatable bonds is 30. The Morgan fingerprint density at radius 2 is 1.09 bits per heavy atom. The first-order valence-electron chi connectivity index (χ1n) is 16.6. The van der Waals surface area contributed by atoms with Crippen molar-refractivity contribution in [3.05, 3.63) is 0 Å². The molecule has 0 unspecified atom stereocenters. The zero-order chi connectivity index (χ0) is 33.1. The molecule has 44 heavy (non-hydrogen) atoms. The van der Waals surface area contributed by atoms with Crippen LogP contribution in [0.3, 0.4) is 0 Å². The van der Waals surface area contributed by atoms with Crippen LogP contribution in [-0.2, 0) is 33.4 Å². The Morgan fingerprint density at radius 3 is 1.57 bits per heavy atom. The van der Waals surface area contributed by atoms with Crippen LogP contribution >= 0.6 is 0 Å². The number of carbonyl (C=O) groups excluding carboxylic acids is 3. The van der Waals surface area contributed by atoms with E-state index in [0.29, 0.717) is 13.0 Å². The minimum Gasteiger partial charge on any atom is -0.481 e. The number of Topliss-reactive ketones (excluding diaryl/α,β-unsaturated/α-hetero) is 1. The number of carbonyl (C=O) groups is 5. The third kappa shape index (κ3) is 27.0. The number of carboxylic acids is 2. The van der Waals surface area contributed by atoms with Crippen LogP contribution in [0, 0.1) is 5.41 Å². The van der Waals surface area contributed by atoms with Crippen LogP contribution in [0.2, 0.25) is 0 Å². The fourth-order valence-electron chi connectivity index (χ4n) is 4.43. The molecule has 0 aliphatic rings. The van der Waals surface area contributed by atoms with E-state index in [0.717, 1.165) is 38.5 Å². The molecule has 0 saturated heterocycles. The molecule has 1 atom stereocenters. The molecule has 11 heteroatoms. The monoisotopic (exact) mass is 628 g/mol. The molecule has 4 N–H and O–H groups in total. The van der Waals surface area contributed by atoms with Crippen LogP contribution in [0.1, 0.15) is 136 Å². The Morgan fingerprint density at radius 1 is 0.614 bits per heavy atom. The Bertz CT molecular complexity index is 812. The van der Waals surface area contributed by atoms with E-state index in [1.165, 1.54) is 44.9 Å². The van der Waals surface area contributed by atoms with Gasteiger partial charge in [-0.2, -0.15) is 0 Å². The lowest BCUT2D eigenvalue weighted by Gasteiger charge is -2.16. The van der Waals surface area contributed by atoms with Crippen molar-refractivity contribution in [2.45, 2.75) is 142 Å². The van der Waals surface area contributed by atoms with Gasteiger partial charge in [0.1, 0.15) is 12.6 Å². The largest absolute Gasteiger partial charge is 0.481 e. The predicted molar refractivity (Wildman–Crippen MR) is 169 cm³/mol. The summed E-state index contributed by atoms with van der Waals surface area (Å²) in [6, 6.07) is -1.10. The van der Waals surface area contributed by atoms with Gasteiger partial charge in [-0.1, -0.05) is 97.8 Å². The maximum atomic E-state index is 12.2. The van der Waals surface area contributed by atoms with Crippen LogP contribution in [0.25, 0.3) is 0 Å². The van der Waals surface area contributed by atoms with Gasteiger partial charge in [0.25, 0.3) is 0 Å². The molecule has 2 amide bonds. The second-order valence-corrected chi connectivity index (χ2v) is 12.5. The SMILES string of the molecule is CC(C)(C)C(=O)COCCOCCNC(=O)CC[C@H](NC(=O)CCCCCCCCCCCCCCCCC(=O)O)C(=O)O. The van der Waals surface area contributed by atoms with Gasteiger partial charge < -0.3 is 30.3 Å². The molecule has 0 aliphatic heterocycles. The molecule has 11 nitrogen and oxygen atoms in total. The first-order chi connectivity index (χ1) is 20.9. The van der Waals surface area contributed by atoms with Crippen molar-refractivity contribution < 1.29 is 43.7 Å². The fraction of sp³-hybridized carbons (Fsp3) is 0.848. The summed E-state index contributed by atoms with van der Waals surface area (Å²) in [6.45, 7) is 6.64. The smallest absolute Gasteiger partial charge is 0.326 e. The van der Waals surface area contributed by atoms with Crippen molar-refractivity contribution in [1.82, 2.24) is 10.6 Å². The van der Waals surface area contributed by atoms with Gasteiger partial charge in [-0.3, -0.25) is 19.2 Å².